The average Bonchev–Trinajstić information content (AvgIpc) is 2.18. The average molecular weight is 196 g/mol. The van der Waals surface area contributed by atoms with Crippen LogP contribution in [-0.2, 0) is 0 Å². The van der Waals surface area contributed by atoms with E-state index in [9.17, 15) is 10.2 Å². The number of rotatable bonds is 4. The van der Waals surface area contributed by atoms with Gasteiger partial charge < -0.3 is 15.5 Å². The quantitative estimate of drug-likeness (QED) is 0.634. The molecule has 0 aliphatic rings. The van der Waals surface area contributed by atoms with Gasteiger partial charge in [0.1, 0.15) is 6.10 Å². The van der Waals surface area contributed by atoms with Crippen molar-refractivity contribution in [1.29, 1.82) is 0 Å². The van der Waals surface area contributed by atoms with Crippen molar-refractivity contribution in [3.05, 3.63) is 29.6 Å². The van der Waals surface area contributed by atoms with Crippen LogP contribution in [0.25, 0.3) is 0 Å². The summed E-state index contributed by atoms with van der Waals surface area (Å²) >= 11 is 0. The Balaban J connectivity index is 2.68. The molecule has 0 aromatic carbocycles. The number of nitrogens with zero attached hydrogens (tertiary/aromatic N) is 1. The van der Waals surface area contributed by atoms with Gasteiger partial charge in [0.2, 0.25) is 0 Å². The molecule has 4 nitrogen and oxygen atoms in total. The normalized spacial score (nSPS) is 15.1. The lowest BCUT2D eigenvalue weighted by atomic mass is 10.1. The van der Waals surface area contributed by atoms with Crippen molar-refractivity contribution >= 4 is 0 Å². The van der Waals surface area contributed by atoms with Gasteiger partial charge in [0, 0.05) is 12.7 Å². The Morgan fingerprint density at radius 2 is 2.14 bits per heavy atom. The summed E-state index contributed by atoms with van der Waals surface area (Å²) in [6, 6.07) is 3.58. The molecule has 2 atom stereocenters. The van der Waals surface area contributed by atoms with Gasteiger partial charge in [0.25, 0.3) is 0 Å². The van der Waals surface area contributed by atoms with E-state index in [1.54, 1.807) is 19.3 Å². The molecule has 0 saturated heterocycles. The Bertz CT molecular complexity index is 274. The number of likely N-dealkylation sites (N-methyl/N-ethyl adjacent to an activating group) is 1. The number of aromatic nitrogens is 1. The van der Waals surface area contributed by atoms with Crippen LogP contribution >= 0.6 is 0 Å². The molecule has 1 rings (SSSR count). The predicted octanol–water partition coefficient (Wildman–Crippen LogP) is 0.00372. The van der Waals surface area contributed by atoms with Crippen molar-refractivity contribution in [3.8, 4) is 0 Å². The zero-order valence-corrected chi connectivity index (χ0v) is 8.44. The summed E-state index contributed by atoms with van der Waals surface area (Å²) in [6.07, 6.45) is -0.0803. The lowest BCUT2D eigenvalue weighted by Gasteiger charge is -2.16. The van der Waals surface area contributed by atoms with Gasteiger partial charge in [-0.15, -0.1) is 0 Å². The minimum Gasteiger partial charge on any atom is -0.389 e. The van der Waals surface area contributed by atoms with Crippen LogP contribution in [0.2, 0.25) is 0 Å². The summed E-state index contributed by atoms with van der Waals surface area (Å²) < 4.78 is 0. The molecule has 2 unspecified atom stereocenters. The van der Waals surface area contributed by atoms with E-state index in [4.69, 9.17) is 0 Å². The highest BCUT2D eigenvalue weighted by Gasteiger charge is 2.18. The highest BCUT2D eigenvalue weighted by atomic mass is 16.3. The Kier molecular flexibility index (Phi) is 4.00. The van der Waals surface area contributed by atoms with Crippen LogP contribution in [0.5, 0.6) is 0 Å². The summed E-state index contributed by atoms with van der Waals surface area (Å²) in [5.74, 6) is 0. The monoisotopic (exact) mass is 196 g/mol. The molecular weight excluding hydrogens is 180 g/mol. The van der Waals surface area contributed by atoms with Gasteiger partial charge in [-0.3, -0.25) is 4.98 Å². The number of hydrogen-bond donors (Lipinski definition) is 3. The van der Waals surface area contributed by atoms with Crippen LogP contribution in [0.3, 0.4) is 0 Å². The van der Waals surface area contributed by atoms with Crippen molar-refractivity contribution in [2.24, 2.45) is 0 Å². The van der Waals surface area contributed by atoms with Crippen LogP contribution in [0.1, 0.15) is 17.4 Å². The first-order valence-electron chi connectivity index (χ1n) is 4.58. The highest BCUT2D eigenvalue weighted by Crippen LogP contribution is 2.13. The third-order valence-electron chi connectivity index (χ3n) is 2.01. The summed E-state index contributed by atoms with van der Waals surface area (Å²) in [4.78, 5) is 4.04. The summed E-state index contributed by atoms with van der Waals surface area (Å²) in [5, 5.41) is 21.9. The first-order valence-corrected chi connectivity index (χ1v) is 4.58. The van der Waals surface area contributed by atoms with E-state index in [0.29, 0.717) is 12.2 Å². The second-order valence-electron chi connectivity index (χ2n) is 3.33. The summed E-state index contributed by atoms with van der Waals surface area (Å²) in [5.41, 5.74) is 1.53. The van der Waals surface area contributed by atoms with Gasteiger partial charge in [-0.1, -0.05) is 6.07 Å². The molecule has 0 fully saturated rings. The molecular formula is C10H16N2O2. The molecule has 3 N–H and O–H groups in total. The number of nitrogens with one attached hydrogen (secondary N) is 1. The smallest absolute Gasteiger partial charge is 0.123 e. The van der Waals surface area contributed by atoms with Crippen LogP contribution in [-0.4, -0.2) is 34.9 Å². The molecule has 0 saturated carbocycles. The maximum Gasteiger partial charge on any atom is 0.123 e. The van der Waals surface area contributed by atoms with Crippen LogP contribution in [0.4, 0.5) is 0 Å². The van der Waals surface area contributed by atoms with Gasteiger partial charge in [-0.2, -0.15) is 0 Å². The van der Waals surface area contributed by atoms with E-state index in [-0.39, 0.29) is 0 Å². The fourth-order valence-corrected chi connectivity index (χ4v) is 1.17. The van der Waals surface area contributed by atoms with Crippen LogP contribution in [0.15, 0.2) is 18.3 Å². The molecule has 14 heavy (non-hydrogen) atoms. The molecule has 1 heterocycles. The second-order valence-corrected chi connectivity index (χ2v) is 3.33. The molecule has 0 radical (unpaired) electrons. The minimum atomic E-state index is -0.928. The SMILES string of the molecule is CNCC(O)C(O)c1ccc(C)cn1. The number of pyridine rings is 1. The van der Waals surface area contributed by atoms with Gasteiger partial charge >= 0.3 is 0 Å². The Labute approximate surface area is 83.6 Å². The van der Waals surface area contributed by atoms with Gasteiger partial charge in [-0.05, 0) is 25.6 Å². The fraction of sp³-hybridized carbons (Fsp3) is 0.500. The molecule has 0 aliphatic heterocycles. The second kappa shape index (κ2) is 5.05. The molecule has 0 aliphatic carbocycles. The molecule has 0 amide bonds. The fourth-order valence-electron chi connectivity index (χ4n) is 1.17. The third kappa shape index (κ3) is 2.77. The van der Waals surface area contributed by atoms with Crippen LogP contribution in [0, 0.1) is 6.92 Å². The Morgan fingerprint density at radius 1 is 1.43 bits per heavy atom. The highest BCUT2D eigenvalue weighted by molar-refractivity contribution is 5.14. The Hall–Kier alpha value is -0.970. The van der Waals surface area contributed by atoms with Crippen molar-refractivity contribution in [1.82, 2.24) is 10.3 Å². The molecule has 1 aromatic heterocycles. The van der Waals surface area contributed by atoms with Crippen LogP contribution < -0.4 is 5.32 Å². The van der Waals surface area contributed by atoms with Crippen molar-refractivity contribution < 1.29 is 10.2 Å². The van der Waals surface area contributed by atoms with E-state index in [0.717, 1.165) is 5.56 Å². The van der Waals surface area contributed by atoms with E-state index in [1.165, 1.54) is 0 Å². The van der Waals surface area contributed by atoms with Crippen molar-refractivity contribution in [3.63, 3.8) is 0 Å². The van der Waals surface area contributed by atoms with Gasteiger partial charge in [0.15, 0.2) is 0 Å². The molecule has 4 heteroatoms. The number of hydrogen-bond acceptors (Lipinski definition) is 4. The van der Waals surface area contributed by atoms with E-state index in [1.807, 2.05) is 13.0 Å². The standard InChI is InChI=1S/C10H16N2O2/c1-7-3-4-8(12-5-7)10(14)9(13)6-11-2/h3-5,9-11,13-14H,6H2,1-2H3. The largest absolute Gasteiger partial charge is 0.389 e. The lowest BCUT2D eigenvalue weighted by molar-refractivity contribution is 0.0177. The summed E-state index contributed by atoms with van der Waals surface area (Å²) in [6.45, 7) is 2.27. The zero-order valence-electron chi connectivity index (χ0n) is 8.44. The lowest BCUT2D eigenvalue weighted by Crippen LogP contribution is -2.30. The number of aliphatic hydroxyl groups excluding tert-OH is 2. The molecule has 0 spiro atoms. The van der Waals surface area contributed by atoms with Crippen molar-refractivity contribution in [2.75, 3.05) is 13.6 Å². The molecule has 0 bridgehead atoms. The first-order chi connectivity index (χ1) is 6.65. The number of aliphatic hydroxyl groups is 2. The first kappa shape index (κ1) is 11.1. The van der Waals surface area contributed by atoms with Gasteiger partial charge in [0.05, 0.1) is 11.8 Å². The van der Waals surface area contributed by atoms with E-state index < -0.39 is 12.2 Å². The van der Waals surface area contributed by atoms with E-state index in [2.05, 4.69) is 10.3 Å². The van der Waals surface area contributed by atoms with Gasteiger partial charge in [-0.25, -0.2) is 0 Å². The predicted molar refractivity (Wildman–Crippen MR) is 53.9 cm³/mol. The molecule has 1 aromatic rings. The minimum absolute atomic E-state index is 0.344. The number of aryl methyl sites for hydroxylation is 1. The van der Waals surface area contributed by atoms with Crippen molar-refractivity contribution in [2.45, 2.75) is 19.1 Å². The Morgan fingerprint density at radius 3 is 2.64 bits per heavy atom. The third-order valence-corrected chi connectivity index (χ3v) is 2.01. The topological polar surface area (TPSA) is 65.4 Å². The van der Waals surface area contributed by atoms with E-state index >= 15 is 0 Å². The maximum absolute atomic E-state index is 9.66. The molecule has 78 valence electrons. The zero-order chi connectivity index (χ0) is 10.6. The summed E-state index contributed by atoms with van der Waals surface area (Å²) in [7, 11) is 1.72. The maximum atomic E-state index is 9.66.